The monoisotopic (exact) mass is 246 g/mol. The molecular weight excluding hydrogens is 235 g/mol. The molecule has 0 N–H and O–H groups in total. The van der Waals surface area contributed by atoms with Crippen LogP contribution in [0.2, 0.25) is 0 Å². The van der Waals surface area contributed by atoms with E-state index in [4.69, 9.17) is 0 Å². The van der Waals surface area contributed by atoms with Gasteiger partial charge in [0.05, 0.1) is 0 Å². The van der Waals surface area contributed by atoms with E-state index in [1.807, 2.05) is 0 Å². The number of benzene rings is 1. The van der Waals surface area contributed by atoms with Gasteiger partial charge in [-0.2, -0.15) is 0 Å². The second-order valence-electron chi connectivity index (χ2n) is 2.49. The van der Waals surface area contributed by atoms with E-state index in [-0.39, 0.29) is 0 Å². The Bertz CT molecular complexity index is 228. The lowest BCUT2D eigenvalue weighted by atomic mass is 10.1. The fourth-order valence-corrected chi connectivity index (χ4v) is 1.78. The quantitative estimate of drug-likeness (QED) is 0.527. The number of hydrogen-bond acceptors (Lipinski definition) is 0. The van der Waals surface area contributed by atoms with Gasteiger partial charge in [0.15, 0.2) is 0 Å². The van der Waals surface area contributed by atoms with Gasteiger partial charge in [0.1, 0.15) is 0 Å². The lowest BCUT2D eigenvalue weighted by Gasteiger charge is -2.03. The highest BCUT2D eigenvalue weighted by Gasteiger charge is 1.96. The standard InChI is InChI=1S/C9H11I/c1-7-4-3-5-9(6-10)8(7)2/h3-5H,6H2,1-2H3. The van der Waals surface area contributed by atoms with Crippen molar-refractivity contribution in [3.8, 4) is 0 Å². The van der Waals surface area contributed by atoms with E-state index in [1.54, 1.807) is 0 Å². The first-order valence-corrected chi connectivity index (χ1v) is 4.89. The van der Waals surface area contributed by atoms with E-state index >= 15 is 0 Å². The van der Waals surface area contributed by atoms with Crippen LogP contribution in [0.15, 0.2) is 18.2 Å². The van der Waals surface area contributed by atoms with Crippen LogP contribution in [-0.2, 0) is 4.43 Å². The summed E-state index contributed by atoms with van der Waals surface area (Å²) in [5.74, 6) is 0. The largest absolute Gasteiger partial charge is 0.0812 e. The first-order valence-electron chi connectivity index (χ1n) is 3.36. The molecule has 0 atom stereocenters. The Morgan fingerprint density at radius 1 is 1.30 bits per heavy atom. The van der Waals surface area contributed by atoms with Crippen LogP contribution >= 0.6 is 22.6 Å². The van der Waals surface area contributed by atoms with Crippen LogP contribution in [0.25, 0.3) is 0 Å². The molecule has 0 saturated carbocycles. The van der Waals surface area contributed by atoms with Gasteiger partial charge in [0, 0.05) is 4.43 Å². The summed E-state index contributed by atoms with van der Waals surface area (Å²) < 4.78 is 1.12. The van der Waals surface area contributed by atoms with E-state index in [2.05, 4.69) is 54.6 Å². The van der Waals surface area contributed by atoms with Gasteiger partial charge in [-0.15, -0.1) is 0 Å². The third-order valence-electron chi connectivity index (χ3n) is 1.86. The lowest BCUT2D eigenvalue weighted by Crippen LogP contribution is -1.86. The third kappa shape index (κ3) is 1.51. The molecule has 1 heteroatoms. The molecule has 54 valence electrons. The van der Waals surface area contributed by atoms with Crippen molar-refractivity contribution in [1.82, 2.24) is 0 Å². The van der Waals surface area contributed by atoms with E-state index < -0.39 is 0 Å². The molecule has 0 fully saturated rings. The molecule has 1 aromatic rings. The summed E-state index contributed by atoms with van der Waals surface area (Å²) in [4.78, 5) is 0. The predicted octanol–water partition coefficient (Wildman–Crippen LogP) is 3.24. The Kier molecular flexibility index (Phi) is 2.72. The zero-order chi connectivity index (χ0) is 7.56. The second-order valence-corrected chi connectivity index (χ2v) is 3.26. The van der Waals surface area contributed by atoms with Gasteiger partial charge in [0.25, 0.3) is 0 Å². The van der Waals surface area contributed by atoms with Gasteiger partial charge < -0.3 is 0 Å². The molecule has 0 unspecified atom stereocenters. The van der Waals surface area contributed by atoms with Gasteiger partial charge in [-0.1, -0.05) is 40.8 Å². The van der Waals surface area contributed by atoms with E-state index in [9.17, 15) is 0 Å². The normalized spacial score (nSPS) is 9.90. The molecule has 0 amide bonds. The van der Waals surface area contributed by atoms with Gasteiger partial charge >= 0.3 is 0 Å². The van der Waals surface area contributed by atoms with Crippen molar-refractivity contribution in [2.75, 3.05) is 0 Å². The molecule has 1 rings (SSSR count). The van der Waals surface area contributed by atoms with Crippen molar-refractivity contribution >= 4 is 22.6 Å². The number of alkyl halides is 1. The van der Waals surface area contributed by atoms with Crippen molar-refractivity contribution in [2.45, 2.75) is 18.3 Å². The van der Waals surface area contributed by atoms with Gasteiger partial charge in [-0.25, -0.2) is 0 Å². The van der Waals surface area contributed by atoms with Crippen LogP contribution in [-0.4, -0.2) is 0 Å². The fraction of sp³-hybridized carbons (Fsp3) is 0.333. The first-order chi connectivity index (χ1) is 4.75. The van der Waals surface area contributed by atoms with Crippen molar-refractivity contribution in [2.24, 2.45) is 0 Å². The maximum Gasteiger partial charge on any atom is 0.0249 e. The number of aryl methyl sites for hydroxylation is 1. The molecule has 0 aliphatic rings. The molecule has 1 aromatic carbocycles. The minimum absolute atomic E-state index is 1.12. The number of hydrogen-bond donors (Lipinski definition) is 0. The Hall–Kier alpha value is -0.0500. The van der Waals surface area contributed by atoms with Crippen LogP contribution in [0.3, 0.4) is 0 Å². The summed E-state index contributed by atoms with van der Waals surface area (Å²) >= 11 is 2.40. The summed E-state index contributed by atoms with van der Waals surface area (Å²) in [5, 5.41) is 0. The third-order valence-corrected chi connectivity index (χ3v) is 2.68. The lowest BCUT2D eigenvalue weighted by molar-refractivity contribution is 1.26. The summed E-state index contributed by atoms with van der Waals surface area (Å²) in [6, 6.07) is 6.47. The molecule has 0 nitrogen and oxygen atoms in total. The van der Waals surface area contributed by atoms with Gasteiger partial charge in [-0.05, 0) is 30.5 Å². The molecule has 0 heterocycles. The molecule has 0 bridgehead atoms. The van der Waals surface area contributed by atoms with Gasteiger partial charge in [-0.3, -0.25) is 0 Å². The van der Waals surface area contributed by atoms with Crippen LogP contribution in [0.4, 0.5) is 0 Å². The zero-order valence-corrected chi connectivity index (χ0v) is 8.47. The van der Waals surface area contributed by atoms with E-state index in [1.165, 1.54) is 16.7 Å². The molecule has 0 saturated heterocycles. The fourth-order valence-electron chi connectivity index (χ4n) is 0.957. The van der Waals surface area contributed by atoms with Crippen LogP contribution < -0.4 is 0 Å². The summed E-state index contributed by atoms with van der Waals surface area (Å²) in [7, 11) is 0. The summed E-state index contributed by atoms with van der Waals surface area (Å²) in [6.07, 6.45) is 0. The minimum Gasteiger partial charge on any atom is -0.0812 e. The molecule has 0 spiro atoms. The Morgan fingerprint density at radius 3 is 2.50 bits per heavy atom. The zero-order valence-electron chi connectivity index (χ0n) is 6.32. The molecule has 0 aliphatic carbocycles. The minimum atomic E-state index is 1.12. The highest BCUT2D eigenvalue weighted by molar-refractivity contribution is 14.1. The maximum absolute atomic E-state index is 2.40. The van der Waals surface area contributed by atoms with Crippen LogP contribution in [0, 0.1) is 13.8 Å². The average molecular weight is 246 g/mol. The molecule has 0 radical (unpaired) electrons. The highest BCUT2D eigenvalue weighted by Crippen LogP contribution is 2.15. The van der Waals surface area contributed by atoms with Crippen molar-refractivity contribution in [3.05, 3.63) is 34.9 Å². The maximum atomic E-state index is 2.40. The first kappa shape index (κ1) is 8.05. The molecule has 0 aromatic heterocycles. The summed E-state index contributed by atoms with van der Waals surface area (Å²) in [6.45, 7) is 4.34. The molecular formula is C9H11I. The second kappa shape index (κ2) is 3.37. The molecule has 10 heavy (non-hydrogen) atoms. The Morgan fingerprint density at radius 2 is 2.00 bits per heavy atom. The van der Waals surface area contributed by atoms with Crippen LogP contribution in [0.1, 0.15) is 16.7 Å². The predicted molar refractivity (Wildman–Crippen MR) is 53.6 cm³/mol. The van der Waals surface area contributed by atoms with E-state index in [0.717, 1.165) is 4.43 Å². The molecule has 0 aliphatic heterocycles. The Labute approximate surface area is 75.8 Å². The van der Waals surface area contributed by atoms with Gasteiger partial charge in [0.2, 0.25) is 0 Å². The average Bonchev–Trinajstić information content (AvgIpc) is 1.95. The van der Waals surface area contributed by atoms with E-state index in [0.29, 0.717) is 0 Å². The summed E-state index contributed by atoms with van der Waals surface area (Å²) in [5.41, 5.74) is 4.30. The van der Waals surface area contributed by atoms with Crippen molar-refractivity contribution < 1.29 is 0 Å². The van der Waals surface area contributed by atoms with Crippen molar-refractivity contribution in [1.29, 1.82) is 0 Å². The highest BCUT2D eigenvalue weighted by atomic mass is 127. The smallest absolute Gasteiger partial charge is 0.0249 e. The van der Waals surface area contributed by atoms with Crippen molar-refractivity contribution in [3.63, 3.8) is 0 Å². The topological polar surface area (TPSA) is 0 Å². The Balaban J connectivity index is 3.14. The van der Waals surface area contributed by atoms with Crippen LogP contribution in [0.5, 0.6) is 0 Å². The number of halogens is 1. The number of rotatable bonds is 1. The SMILES string of the molecule is Cc1cccc(CI)c1C.